The Bertz CT molecular complexity index is 1800. The zero-order valence-corrected chi connectivity index (χ0v) is 24.8. The number of hydrogen-bond donors (Lipinski definition) is 5. The Morgan fingerprint density at radius 3 is 2.62 bits per heavy atom. The quantitative estimate of drug-likeness (QED) is 0.290. The SMILES string of the molecule is CC(=O)C1(O)C(O)C[C@H](O[C@@H]2c3cc4c(c(O)c3[C@@H]3C[C@@]2(C)O[C@]32C=C3CCN=C3N2)C(=O)c2cccc(O)c2C4=O)OC1C. The number of aliphatic imine (C=N–C) groups is 1. The molecule has 2 aliphatic carbocycles. The number of aliphatic hydroxyl groups excluding tert-OH is 1. The predicted octanol–water partition coefficient (Wildman–Crippen LogP) is 2.05. The van der Waals surface area contributed by atoms with E-state index < -0.39 is 64.8 Å². The van der Waals surface area contributed by atoms with Crippen LogP contribution < -0.4 is 5.32 Å². The maximum atomic E-state index is 13.8. The first-order valence-electron chi connectivity index (χ1n) is 15.1. The molecule has 5 N–H and O–H groups in total. The number of Topliss-reactive ketones (excluding diaryl/α,β-unsaturated/α-hetero) is 1. The van der Waals surface area contributed by atoms with Gasteiger partial charge in [-0.3, -0.25) is 19.4 Å². The normalized spacial score (nSPS) is 37.4. The van der Waals surface area contributed by atoms with E-state index in [0.29, 0.717) is 29.9 Å². The van der Waals surface area contributed by atoms with Gasteiger partial charge in [0.05, 0.1) is 28.9 Å². The zero-order valence-electron chi connectivity index (χ0n) is 24.8. The van der Waals surface area contributed by atoms with Crippen LogP contribution in [0, 0.1) is 0 Å². The second-order valence-electron chi connectivity index (χ2n) is 13.1. The molecule has 1 spiro atoms. The second kappa shape index (κ2) is 9.08. The molecule has 0 radical (unpaired) electrons. The van der Waals surface area contributed by atoms with Gasteiger partial charge in [0.25, 0.3) is 0 Å². The summed E-state index contributed by atoms with van der Waals surface area (Å²) in [4.78, 5) is 44.4. The Morgan fingerprint density at radius 1 is 1.16 bits per heavy atom. The monoisotopic (exact) mass is 616 g/mol. The lowest BCUT2D eigenvalue weighted by Gasteiger charge is -2.46. The summed E-state index contributed by atoms with van der Waals surface area (Å²) in [5.74, 6) is -2.39. The lowest BCUT2D eigenvalue weighted by Crippen LogP contribution is -2.62. The van der Waals surface area contributed by atoms with Crippen LogP contribution in [-0.2, 0) is 19.0 Å². The van der Waals surface area contributed by atoms with E-state index in [2.05, 4.69) is 10.3 Å². The lowest BCUT2D eigenvalue weighted by atomic mass is 9.69. The molecular weight excluding hydrogens is 584 g/mol. The van der Waals surface area contributed by atoms with Gasteiger partial charge in [0.2, 0.25) is 0 Å². The summed E-state index contributed by atoms with van der Waals surface area (Å²) in [5.41, 5.74) is -2.98. The van der Waals surface area contributed by atoms with Gasteiger partial charge in [0, 0.05) is 35.6 Å². The Kier molecular flexibility index (Phi) is 5.75. The molecule has 12 heteroatoms. The number of nitrogens with zero attached hydrogens (tertiary/aromatic N) is 1. The van der Waals surface area contributed by atoms with Crippen LogP contribution in [0.2, 0.25) is 0 Å². The fourth-order valence-corrected chi connectivity index (χ4v) is 8.28. The molecule has 3 unspecified atom stereocenters. The maximum absolute atomic E-state index is 13.8. The van der Waals surface area contributed by atoms with Crippen molar-refractivity contribution in [1.29, 1.82) is 0 Å². The molecular formula is C33H32N2O10. The first kappa shape index (κ1) is 28.5. The van der Waals surface area contributed by atoms with Crippen molar-refractivity contribution in [2.75, 3.05) is 6.54 Å². The Hall–Kier alpha value is -3.94. The van der Waals surface area contributed by atoms with Gasteiger partial charge >= 0.3 is 0 Å². The molecule has 0 saturated carbocycles. The van der Waals surface area contributed by atoms with Crippen LogP contribution in [0.1, 0.15) is 95.0 Å². The van der Waals surface area contributed by atoms with Crippen LogP contribution >= 0.6 is 0 Å². The van der Waals surface area contributed by atoms with Gasteiger partial charge in [-0.05, 0) is 63.0 Å². The van der Waals surface area contributed by atoms with E-state index in [1.54, 1.807) is 0 Å². The van der Waals surface area contributed by atoms with Gasteiger partial charge in [-0.15, -0.1) is 0 Å². The number of phenols is 2. The Morgan fingerprint density at radius 2 is 1.91 bits per heavy atom. The Labute approximate surface area is 257 Å². The minimum Gasteiger partial charge on any atom is -0.507 e. The number of carbonyl (C=O) groups is 3. The number of carbonyl (C=O) groups excluding carboxylic acids is 3. The molecule has 2 bridgehead atoms. The minimum absolute atomic E-state index is 0.00452. The molecule has 4 aliphatic heterocycles. The molecule has 8 atom stereocenters. The molecule has 4 heterocycles. The number of hydrogen-bond acceptors (Lipinski definition) is 12. The molecule has 2 fully saturated rings. The number of benzene rings is 2. The number of aliphatic hydroxyl groups is 2. The van der Waals surface area contributed by atoms with Crippen molar-refractivity contribution in [3.63, 3.8) is 0 Å². The van der Waals surface area contributed by atoms with Crippen molar-refractivity contribution in [3.8, 4) is 11.5 Å². The van der Waals surface area contributed by atoms with E-state index in [1.165, 1.54) is 38.1 Å². The fourth-order valence-electron chi connectivity index (χ4n) is 8.28. The van der Waals surface area contributed by atoms with Gasteiger partial charge < -0.3 is 40.0 Å². The number of ether oxygens (including phenoxy) is 3. The molecule has 2 saturated heterocycles. The number of phenolic OH excluding ortho intramolecular Hbond substituents is 2. The van der Waals surface area contributed by atoms with E-state index in [4.69, 9.17) is 14.2 Å². The van der Waals surface area contributed by atoms with Crippen molar-refractivity contribution >= 4 is 23.2 Å². The maximum Gasteiger partial charge on any atom is 0.198 e. The molecule has 45 heavy (non-hydrogen) atoms. The second-order valence-corrected chi connectivity index (χ2v) is 13.1. The van der Waals surface area contributed by atoms with Gasteiger partial charge in [-0.1, -0.05) is 12.1 Å². The van der Waals surface area contributed by atoms with E-state index >= 15 is 0 Å². The summed E-state index contributed by atoms with van der Waals surface area (Å²) in [6.07, 6.45) is -1.93. The molecule has 12 nitrogen and oxygen atoms in total. The first-order valence-corrected chi connectivity index (χ1v) is 15.1. The predicted molar refractivity (Wildman–Crippen MR) is 155 cm³/mol. The third kappa shape index (κ3) is 3.59. The summed E-state index contributed by atoms with van der Waals surface area (Å²) in [6.45, 7) is 5.13. The van der Waals surface area contributed by atoms with E-state index in [1.807, 2.05) is 13.0 Å². The third-order valence-electron chi connectivity index (χ3n) is 10.5. The Balaban J connectivity index is 1.29. The number of rotatable bonds is 3. The molecule has 8 rings (SSSR count). The zero-order chi connectivity index (χ0) is 31.8. The highest BCUT2D eigenvalue weighted by molar-refractivity contribution is 6.30. The van der Waals surface area contributed by atoms with E-state index in [9.17, 15) is 34.8 Å². The standard InChI is InChI=1S/C33H32N2O10/c1-13(36)33(42)14(2)43-22(10-21(33)38)44-29-18-9-17-25(26(39)16-5-4-6-20(37)24(16)27(17)40)28(41)23(18)19-12-31(29,3)45-32(19)11-15-7-8-34-30(15)35-32/h4-6,9,11,14,19,21-22,29,37-38,41-42H,7-8,10,12H2,1-3H3,(H,34,35)/t14?,19-,21?,22-,29+,31+,32+,33?/m0/s1. The number of amidine groups is 1. The summed E-state index contributed by atoms with van der Waals surface area (Å²) < 4.78 is 19.3. The summed E-state index contributed by atoms with van der Waals surface area (Å²) in [7, 11) is 0. The first-order chi connectivity index (χ1) is 21.3. The smallest absolute Gasteiger partial charge is 0.198 e. The summed E-state index contributed by atoms with van der Waals surface area (Å²) >= 11 is 0. The average molecular weight is 617 g/mol. The van der Waals surface area contributed by atoms with Crippen molar-refractivity contribution < 1.29 is 49.0 Å². The van der Waals surface area contributed by atoms with Crippen molar-refractivity contribution in [2.45, 2.75) is 87.5 Å². The van der Waals surface area contributed by atoms with Crippen LogP contribution in [0.25, 0.3) is 0 Å². The van der Waals surface area contributed by atoms with Crippen LogP contribution in [-0.4, -0.2) is 85.6 Å². The summed E-state index contributed by atoms with van der Waals surface area (Å²) in [5, 5.41) is 47.7. The molecule has 234 valence electrons. The molecule has 2 aromatic carbocycles. The number of fused-ring (bicyclic) bond motifs is 8. The number of aromatic hydroxyl groups is 2. The third-order valence-corrected chi connectivity index (χ3v) is 10.5. The topological polar surface area (TPSA) is 184 Å². The average Bonchev–Trinajstić information content (AvgIpc) is 3.62. The van der Waals surface area contributed by atoms with Crippen LogP contribution in [0.3, 0.4) is 0 Å². The molecule has 0 aromatic heterocycles. The van der Waals surface area contributed by atoms with Crippen LogP contribution in [0.5, 0.6) is 11.5 Å². The van der Waals surface area contributed by atoms with Gasteiger partial charge in [-0.25, -0.2) is 0 Å². The molecule has 6 aliphatic rings. The van der Waals surface area contributed by atoms with Crippen LogP contribution in [0.4, 0.5) is 0 Å². The fraction of sp³-hybridized carbons (Fsp3) is 0.455. The number of nitrogens with one attached hydrogen (secondary N) is 1. The summed E-state index contributed by atoms with van der Waals surface area (Å²) in [6, 6.07) is 5.76. The number of ketones is 3. The lowest BCUT2D eigenvalue weighted by molar-refractivity contribution is -0.301. The highest BCUT2D eigenvalue weighted by atomic mass is 16.7. The van der Waals surface area contributed by atoms with Crippen LogP contribution in [0.15, 0.2) is 40.9 Å². The van der Waals surface area contributed by atoms with Crippen molar-refractivity contribution in [3.05, 3.63) is 69.3 Å². The van der Waals surface area contributed by atoms with E-state index in [-0.39, 0.29) is 40.2 Å². The molecule has 0 amide bonds. The largest absolute Gasteiger partial charge is 0.507 e. The highest BCUT2D eigenvalue weighted by Gasteiger charge is 2.65. The van der Waals surface area contributed by atoms with Gasteiger partial charge in [0.15, 0.2) is 35.0 Å². The molecule has 2 aromatic rings. The van der Waals surface area contributed by atoms with Crippen molar-refractivity contribution in [1.82, 2.24) is 5.32 Å². The highest BCUT2D eigenvalue weighted by Crippen LogP contribution is 2.63. The minimum atomic E-state index is -2.12. The van der Waals surface area contributed by atoms with Crippen molar-refractivity contribution in [2.24, 2.45) is 4.99 Å². The van der Waals surface area contributed by atoms with Gasteiger partial charge in [0.1, 0.15) is 23.4 Å². The van der Waals surface area contributed by atoms with E-state index in [0.717, 1.165) is 12.0 Å². The van der Waals surface area contributed by atoms with Gasteiger partial charge in [-0.2, -0.15) is 0 Å².